The van der Waals surface area contributed by atoms with Gasteiger partial charge in [-0.15, -0.1) is 0 Å². The molecule has 1 saturated heterocycles. The zero-order valence-corrected chi connectivity index (χ0v) is 12.7. The number of nitrogens with one attached hydrogen (secondary N) is 1. The third kappa shape index (κ3) is 4.84. The highest BCUT2D eigenvalue weighted by atomic mass is 32.2. The van der Waals surface area contributed by atoms with Crippen LogP contribution in [0.15, 0.2) is 0 Å². The first kappa shape index (κ1) is 15.9. The Hall–Kier alpha value is -0.170. The van der Waals surface area contributed by atoms with Gasteiger partial charge >= 0.3 is 0 Å². The fourth-order valence-electron chi connectivity index (χ4n) is 2.02. The molecule has 0 saturated carbocycles. The van der Waals surface area contributed by atoms with Crippen molar-refractivity contribution in [1.29, 1.82) is 0 Å². The number of ether oxygens (including phenoxy) is 1. The summed E-state index contributed by atoms with van der Waals surface area (Å²) in [6.45, 7) is 9.63. The van der Waals surface area contributed by atoms with Crippen LogP contribution in [-0.4, -0.2) is 56.4 Å². The van der Waals surface area contributed by atoms with Crippen molar-refractivity contribution in [3.05, 3.63) is 0 Å². The molecule has 5 nitrogen and oxygen atoms in total. The lowest BCUT2D eigenvalue weighted by Gasteiger charge is -2.35. The SMILES string of the molecule is CC(C)NCCCS(=O)(=O)N1CC(C)OCC1C. The third-order valence-corrected chi connectivity index (χ3v) is 5.07. The van der Waals surface area contributed by atoms with Crippen LogP contribution >= 0.6 is 0 Å². The van der Waals surface area contributed by atoms with Gasteiger partial charge in [-0.2, -0.15) is 4.31 Å². The average molecular weight is 278 g/mol. The molecular weight excluding hydrogens is 252 g/mol. The monoisotopic (exact) mass is 278 g/mol. The fraction of sp³-hybridized carbons (Fsp3) is 1.00. The lowest BCUT2D eigenvalue weighted by atomic mass is 10.2. The molecule has 6 heteroatoms. The third-order valence-electron chi connectivity index (χ3n) is 3.04. The van der Waals surface area contributed by atoms with Gasteiger partial charge in [-0.25, -0.2) is 8.42 Å². The maximum absolute atomic E-state index is 12.2. The first-order valence-electron chi connectivity index (χ1n) is 6.67. The molecule has 18 heavy (non-hydrogen) atoms. The predicted octanol–water partition coefficient (Wildman–Crippen LogP) is 0.814. The number of hydrogen-bond acceptors (Lipinski definition) is 4. The fourth-order valence-corrected chi connectivity index (χ4v) is 3.81. The molecule has 1 aliphatic rings. The molecule has 0 aromatic carbocycles. The Balaban J connectivity index is 2.46. The lowest BCUT2D eigenvalue weighted by molar-refractivity contribution is -0.0170. The Bertz CT molecular complexity index is 343. The van der Waals surface area contributed by atoms with Gasteiger partial charge < -0.3 is 10.1 Å². The van der Waals surface area contributed by atoms with Gasteiger partial charge in [-0.3, -0.25) is 0 Å². The Morgan fingerprint density at radius 1 is 1.39 bits per heavy atom. The normalized spacial score (nSPS) is 26.7. The number of hydrogen-bond donors (Lipinski definition) is 1. The molecule has 1 N–H and O–H groups in total. The standard InChI is InChI=1S/C12H26N2O3S/c1-10(2)13-6-5-7-18(15,16)14-8-12(4)17-9-11(14)3/h10-13H,5-9H2,1-4H3. The van der Waals surface area contributed by atoms with E-state index in [1.165, 1.54) is 0 Å². The summed E-state index contributed by atoms with van der Waals surface area (Å²) in [5, 5.41) is 3.23. The average Bonchev–Trinajstić information content (AvgIpc) is 2.27. The van der Waals surface area contributed by atoms with E-state index in [1.54, 1.807) is 4.31 Å². The van der Waals surface area contributed by atoms with E-state index in [1.807, 2.05) is 13.8 Å². The molecule has 0 aliphatic carbocycles. The first-order valence-corrected chi connectivity index (χ1v) is 8.28. The Morgan fingerprint density at radius 3 is 2.67 bits per heavy atom. The van der Waals surface area contributed by atoms with E-state index in [4.69, 9.17) is 4.74 Å². The number of rotatable bonds is 6. The Kier molecular flexibility index (Phi) is 6.04. The number of morpholine rings is 1. The summed E-state index contributed by atoms with van der Waals surface area (Å²) in [6, 6.07) is 0.347. The molecule has 108 valence electrons. The molecule has 2 unspecified atom stereocenters. The number of sulfonamides is 1. The Morgan fingerprint density at radius 2 is 2.06 bits per heavy atom. The topological polar surface area (TPSA) is 58.6 Å². The van der Waals surface area contributed by atoms with Gasteiger partial charge in [-0.1, -0.05) is 13.8 Å². The molecule has 0 bridgehead atoms. The van der Waals surface area contributed by atoms with Crippen molar-refractivity contribution in [2.24, 2.45) is 0 Å². The zero-order valence-electron chi connectivity index (χ0n) is 11.8. The van der Waals surface area contributed by atoms with E-state index in [9.17, 15) is 8.42 Å². The van der Waals surface area contributed by atoms with E-state index in [0.29, 0.717) is 25.6 Å². The van der Waals surface area contributed by atoms with Gasteiger partial charge in [0.05, 0.1) is 18.5 Å². The maximum Gasteiger partial charge on any atom is 0.214 e. The van der Waals surface area contributed by atoms with Crippen molar-refractivity contribution in [3.8, 4) is 0 Å². The Labute approximate surface area is 111 Å². The highest BCUT2D eigenvalue weighted by Gasteiger charge is 2.32. The minimum absolute atomic E-state index is 0.00948. The van der Waals surface area contributed by atoms with E-state index >= 15 is 0 Å². The molecular formula is C12H26N2O3S. The van der Waals surface area contributed by atoms with Crippen molar-refractivity contribution in [2.45, 2.75) is 52.3 Å². The minimum atomic E-state index is -3.15. The van der Waals surface area contributed by atoms with Crippen LogP contribution in [0.25, 0.3) is 0 Å². The molecule has 0 amide bonds. The van der Waals surface area contributed by atoms with Crippen LogP contribution in [0.4, 0.5) is 0 Å². The molecule has 1 heterocycles. The lowest BCUT2D eigenvalue weighted by Crippen LogP contribution is -2.50. The van der Waals surface area contributed by atoms with Crippen molar-refractivity contribution < 1.29 is 13.2 Å². The molecule has 1 rings (SSSR count). The molecule has 1 aliphatic heterocycles. The second-order valence-electron chi connectivity index (χ2n) is 5.34. The summed E-state index contributed by atoms with van der Waals surface area (Å²) >= 11 is 0. The van der Waals surface area contributed by atoms with Crippen LogP contribution in [0.3, 0.4) is 0 Å². The summed E-state index contributed by atoms with van der Waals surface area (Å²) in [5.41, 5.74) is 0. The van der Waals surface area contributed by atoms with Gasteiger partial charge in [0.15, 0.2) is 0 Å². The first-order chi connectivity index (χ1) is 8.33. The van der Waals surface area contributed by atoms with Crippen LogP contribution in [0, 0.1) is 0 Å². The largest absolute Gasteiger partial charge is 0.375 e. The molecule has 0 aromatic rings. The quantitative estimate of drug-likeness (QED) is 0.731. The summed E-state index contributed by atoms with van der Waals surface area (Å²) in [4.78, 5) is 0. The van der Waals surface area contributed by atoms with Crippen molar-refractivity contribution in [2.75, 3.05) is 25.4 Å². The zero-order chi connectivity index (χ0) is 13.8. The van der Waals surface area contributed by atoms with Crippen LogP contribution < -0.4 is 5.32 Å². The molecule has 0 aromatic heterocycles. The van der Waals surface area contributed by atoms with Crippen LogP contribution in [-0.2, 0) is 14.8 Å². The van der Waals surface area contributed by atoms with Gasteiger partial charge in [0.2, 0.25) is 10.0 Å². The molecule has 0 radical (unpaired) electrons. The molecule has 1 fully saturated rings. The van der Waals surface area contributed by atoms with Crippen LogP contribution in [0.2, 0.25) is 0 Å². The van der Waals surface area contributed by atoms with Gasteiger partial charge in [0, 0.05) is 18.6 Å². The van der Waals surface area contributed by atoms with Crippen molar-refractivity contribution in [1.82, 2.24) is 9.62 Å². The number of nitrogens with zero attached hydrogens (tertiary/aromatic N) is 1. The minimum Gasteiger partial charge on any atom is -0.375 e. The molecule has 2 atom stereocenters. The van der Waals surface area contributed by atoms with E-state index in [0.717, 1.165) is 6.54 Å². The van der Waals surface area contributed by atoms with Crippen LogP contribution in [0.5, 0.6) is 0 Å². The van der Waals surface area contributed by atoms with Crippen molar-refractivity contribution in [3.63, 3.8) is 0 Å². The van der Waals surface area contributed by atoms with Crippen molar-refractivity contribution >= 4 is 10.0 Å². The maximum atomic E-state index is 12.2. The van der Waals surface area contributed by atoms with Gasteiger partial charge in [0.1, 0.15) is 0 Å². The highest BCUT2D eigenvalue weighted by Crippen LogP contribution is 2.16. The second-order valence-corrected chi connectivity index (χ2v) is 7.38. The smallest absolute Gasteiger partial charge is 0.214 e. The summed E-state index contributed by atoms with van der Waals surface area (Å²) in [5.74, 6) is 0.212. The second kappa shape index (κ2) is 6.84. The van der Waals surface area contributed by atoms with Gasteiger partial charge in [-0.05, 0) is 26.8 Å². The van der Waals surface area contributed by atoms with Gasteiger partial charge in [0.25, 0.3) is 0 Å². The molecule has 0 spiro atoms. The van der Waals surface area contributed by atoms with Crippen LogP contribution in [0.1, 0.15) is 34.1 Å². The highest BCUT2D eigenvalue weighted by molar-refractivity contribution is 7.89. The summed E-state index contributed by atoms with van der Waals surface area (Å²) in [6.07, 6.45) is 0.642. The predicted molar refractivity (Wildman–Crippen MR) is 73.1 cm³/mol. The van der Waals surface area contributed by atoms with E-state index in [2.05, 4.69) is 19.2 Å². The van der Waals surface area contributed by atoms with E-state index < -0.39 is 10.0 Å². The summed E-state index contributed by atoms with van der Waals surface area (Å²) in [7, 11) is -3.15. The van der Waals surface area contributed by atoms with E-state index in [-0.39, 0.29) is 17.9 Å². The summed E-state index contributed by atoms with van der Waals surface area (Å²) < 4.78 is 31.5.